The Hall–Kier alpha value is -1.97. The molecular formula is C14H16FN3. The third-order valence-electron chi connectivity index (χ3n) is 2.96. The van der Waals surface area contributed by atoms with Crippen LogP contribution in [-0.4, -0.2) is 17.0 Å². The maximum absolute atomic E-state index is 13.7. The van der Waals surface area contributed by atoms with E-state index >= 15 is 0 Å². The molecule has 2 rings (SSSR count). The zero-order valence-electron chi connectivity index (χ0n) is 11.0. The van der Waals surface area contributed by atoms with Gasteiger partial charge in [0.05, 0.1) is 5.69 Å². The van der Waals surface area contributed by atoms with E-state index in [2.05, 4.69) is 15.3 Å². The van der Waals surface area contributed by atoms with Crippen LogP contribution in [0.2, 0.25) is 0 Å². The van der Waals surface area contributed by atoms with Crippen LogP contribution in [0.5, 0.6) is 0 Å². The van der Waals surface area contributed by atoms with Gasteiger partial charge >= 0.3 is 0 Å². The normalized spacial score (nSPS) is 10.5. The minimum absolute atomic E-state index is 0.236. The topological polar surface area (TPSA) is 37.8 Å². The average molecular weight is 245 g/mol. The Balaban J connectivity index is 2.68. The van der Waals surface area contributed by atoms with Crippen molar-refractivity contribution in [3.05, 3.63) is 40.8 Å². The van der Waals surface area contributed by atoms with Crippen molar-refractivity contribution in [2.75, 3.05) is 12.4 Å². The fourth-order valence-electron chi connectivity index (χ4n) is 2.00. The molecule has 1 aromatic carbocycles. The molecule has 0 aliphatic heterocycles. The van der Waals surface area contributed by atoms with Crippen LogP contribution >= 0.6 is 0 Å². The number of hydrogen-bond donors (Lipinski definition) is 1. The van der Waals surface area contributed by atoms with Crippen molar-refractivity contribution in [2.45, 2.75) is 20.8 Å². The molecule has 18 heavy (non-hydrogen) atoms. The van der Waals surface area contributed by atoms with Crippen molar-refractivity contribution in [3.8, 4) is 11.4 Å². The summed E-state index contributed by atoms with van der Waals surface area (Å²) in [5.41, 5.74) is 3.50. The van der Waals surface area contributed by atoms with Gasteiger partial charge in [0.15, 0.2) is 17.5 Å². The van der Waals surface area contributed by atoms with Crippen LogP contribution in [0.4, 0.5) is 10.2 Å². The molecule has 1 heterocycles. The molecule has 2 aromatic rings. The average Bonchev–Trinajstić information content (AvgIpc) is 2.33. The summed E-state index contributed by atoms with van der Waals surface area (Å²) in [6.07, 6.45) is 0. The summed E-state index contributed by atoms with van der Waals surface area (Å²) in [6, 6.07) is 6.00. The van der Waals surface area contributed by atoms with Gasteiger partial charge in [0.1, 0.15) is 0 Å². The van der Waals surface area contributed by atoms with Crippen LogP contribution in [0.3, 0.4) is 0 Å². The largest absolute Gasteiger partial charge is 0.371 e. The van der Waals surface area contributed by atoms with Crippen molar-refractivity contribution >= 4 is 5.82 Å². The van der Waals surface area contributed by atoms with Crippen LogP contribution in [-0.2, 0) is 0 Å². The highest BCUT2D eigenvalue weighted by Crippen LogP contribution is 2.26. The number of nitrogens with one attached hydrogen (secondary N) is 1. The second-order valence-corrected chi connectivity index (χ2v) is 4.31. The Labute approximate surface area is 106 Å². The number of aryl methyl sites for hydroxylation is 3. The molecule has 0 saturated carbocycles. The molecule has 4 heteroatoms. The summed E-state index contributed by atoms with van der Waals surface area (Å²) in [5.74, 6) is 0.404. The molecule has 94 valence electrons. The van der Waals surface area contributed by atoms with E-state index in [1.165, 1.54) is 0 Å². The zero-order chi connectivity index (χ0) is 13.3. The molecule has 0 spiro atoms. The van der Waals surface area contributed by atoms with Gasteiger partial charge in [-0.3, -0.25) is 0 Å². The molecule has 0 bridgehead atoms. The van der Waals surface area contributed by atoms with Gasteiger partial charge in [-0.2, -0.15) is 0 Å². The van der Waals surface area contributed by atoms with E-state index in [-0.39, 0.29) is 5.82 Å². The Morgan fingerprint density at radius 1 is 1.06 bits per heavy atom. The first-order chi connectivity index (χ1) is 8.54. The molecule has 0 aliphatic rings. The van der Waals surface area contributed by atoms with Gasteiger partial charge in [-0.05, 0) is 31.9 Å². The lowest BCUT2D eigenvalue weighted by Gasteiger charge is -2.11. The Morgan fingerprint density at radius 3 is 2.22 bits per heavy atom. The van der Waals surface area contributed by atoms with E-state index in [0.717, 1.165) is 16.7 Å². The van der Waals surface area contributed by atoms with Crippen molar-refractivity contribution in [3.63, 3.8) is 0 Å². The molecule has 0 fully saturated rings. The summed E-state index contributed by atoms with van der Waals surface area (Å²) in [5, 5.41) is 2.76. The fourth-order valence-corrected chi connectivity index (χ4v) is 2.00. The van der Waals surface area contributed by atoms with Crippen LogP contribution in [0, 0.1) is 26.6 Å². The van der Waals surface area contributed by atoms with E-state index < -0.39 is 5.82 Å². The minimum atomic E-state index is -0.396. The lowest BCUT2D eigenvalue weighted by atomic mass is 10.0. The standard InChI is InChI=1S/C14H16FN3/c1-8-6-5-7-9(2)11(8)13-17-10(3)12(15)14(16-4)18-13/h5-7H,1-4H3,(H,16,17,18). The van der Waals surface area contributed by atoms with E-state index in [1.807, 2.05) is 32.0 Å². The molecule has 0 amide bonds. The van der Waals surface area contributed by atoms with Gasteiger partial charge < -0.3 is 5.32 Å². The third-order valence-corrected chi connectivity index (χ3v) is 2.96. The summed E-state index contributed by atoms with van der Waals surface area (Å²) in [4.78, 5) is 8.49. The minimum Gasteiger partial charge on any atom is -0.371 e. The predicted octanol–water partition coefficient (Wildman–Crippen LogP) is 3.25. The van der Waals surface area contributed by atoms with Gasteiger partial charge in [0.25, 0.3) is 0 Å². The number of nitrogens with zero attached hydrogens (tertiary/aromatic N) is 2. The Bertz CT molecular complexity index is 574. The summed E-state index contributed by atoms with van der Waals surface area (Å²) < 4.78 is 13.7. The van der Waals surface area contributed by atoms with E-state index in [4.69, 9.17) is 0 Å². The summed E-state index contributed by atoms with van der Waals surface area (Å²) in [7, 11) is 1.65. The van der Waals surface area contributed by atoms with Gasteiger partial charge in [-0.1, -0.05) is 18.2 Å². The van der Waals surface area contributed by atoms with E-state index in [9.17, 15) is 4.39 Å². The van der Waals surface area contributed by atoms with Crippen LogP contribution in [0.15, 0.2) is 18.2 Å². The lowest BCUT2D eigenvalue weighted by molar-refractivity contribution is 0.607. The maximum atomic E-state index is 13.7. The van der Waals surface area contributed by atoms with Crippen LogP contribution < -0.4 is 5.32 Å². The first-order valence-electron chi connectivity index (χ1n) is 5.83. The van der Waals surface area contributed by atoms with Crippen molar-refractivity contribution in [1.29, 1.82) is 0 Å². The molecule has 1 N–H and O–H groups in total. The molecule has 0 aliphatic carbocycles. The molecule has 0 radical (unpaired) electrons. The number of aromatic nitrogens is 2. The molecule has 0 saturated heterocycles. The quantitative estimate of drug-likeness (QED) is 0.882. The number of benzene rings is 1. The van der Waals surface area contributed by atoms with Crippen LogP contribution in [0.25, 0.3) is 11.4 Å². The first-order valence-corrected chi connectivity index (χ1v) is 5.83. The SMILES string of the molecule is CNc1nc(-c2c(C)cccc2C)nc(C)c1F. The summed E-state index contributed by atoms with van der Waals surface area (Å²) in [6.45, 7) is 5.65. The number of halogens is 1. The molecule has 0 unspecified atom stereocenters. The monoisotopic (exact) mass is 245 g/mol. The lowest BCUT2D eigenvalue weighted by Crippen LogP contribution is -2.04. The highest BCUT2D eigenvalue weighted by atomic mass is 19.1. The summed E-state index contributed by atoms with van der Waals surface area (Å²) >= 11 is 0. The van der Waals surface area contributed by atoms with Crippen molar-refractivity contribution < 1.29 is 4.39 Å². The van der Waals surface area contributed by atoms with Crippen LogP contribution in [0.1, 0.15) is 16.8 Å². The highest BCUT2D eigenvalue weighted by Gasteiger charge is 2.14. The first kappa shape index (κ1) is 12.5. The van der Waals surface area contributed by atoms with Gasteiger partial charge in [-0.15, -0.1) is 0 Å². The third kappa shape index (κ3) is 2.06. The van der Waals surface area contributed by atoms with Gasteiger partial charge in [0, 0.05) is 12.6 Å². The maximum Gasteiger partial charge on any atom is 0.186 e. The second kappa shape index (κ2) is 4.72. The highest BCUT2D eigenvalue weighted by molar-refractivity contribution is 5.65. The van der Waals surface area contributed by atoms with Gasteiger partial charge in [-0.25, -0.2) is 14.4 Å². The second-order valence-electron chi connectivity index (χ2n) is 4.31. The Morgan fingerprint density at radius 2 is 1.67 bits per heavy atom. The molecular weight excluding hydrogens is 229 g/mol. The van der Waals surface area contributed by atoms with E-state index in [1.54, 1.807) is 14.0 Å². The predicted molar refractivity (Wildman–Crippen MR) is 71.2 cm³/mol. The fraction of sp³-hybridized carbons (Fsp3) is 0.286. The van der Waals surface area contributed by atoms with Gasteiger partial charge in [0.2, 0.25) is 0 Å². The van der Waals surface area contributed by atoms with E-state index in [0.29, 0.717) is 11.5 Å². The zero-order valence-corrected chi connectivity index (χ0v) is 11.0. The molecule has 0 atom stereocenters. The smallest absolute Gasteiger partial charge is 0.186 e. The number of rotatable bonds is 2. The number of anilines is 1. The van der Waals surface area contributed by atoms with Crippen molar-refractivity contribution in [1.82, 2.24) is 9.97 Å². The molecule has 1 aromatic heterocycles. The number of hydrogen-bond acceptors (Lipinski definition) is 3. The Kier molecular flexibility index (Phi) is 3.28. The van der Waals surface area contributed by atoms with Crippen molar-refractivity contribution in [2.24, 2.45) is 0 Å². The molecule has 3 nitrogen and oxygen atoms in total.